The zero-order valence-corrected chi connectivity index (χ0v) is 11.9. The molecule has 100 valence electrons. The summed E-state index contributed by atoms with van der Waals surface area (Å²) in [5.41, 5.74) is 1.07. The van der Waals surface area contributed by atoms with Crippen LogP contribution in [0.3, 0.4) is 0 Å². The van der Waals surface area contributed by atoms with Crippen molar-refractivity contribution in [3.8, 4) is 0 Å². The monoisotopic (exact) mass is 270 g/mol. The van der Waals surface area contributed by atoms with Crippen LogP contribution >= 0.6 is 11.6 Å². The maximum Gasteiger partial charge on any atom is 0.170 e. The second-order valence-electron chi connectivity index (χ2n) is 4.84. The van der Waals surface area contributed by atoms with Crippen LogP contribution < -0.4 is 0 Å². The Morgan fingerprint density at radius 1 is 1.56 bits per heavy atom. The first-order valence-corrected chi connectivity index (χ1v) is 6.70. The van der Waals surface area contributed by atoms with Gasteiger partial charge in [0.2, 0.25) is 0 Å². The first kappa shape index (κ1) is 13.6. The zero-order valence-electron chi connectivity index (χ0n) is 11.1. The fourth-order valence-electron chi connectivity index (χ4n) is 2.42. The van der Waals surface area contributed by atoms with Gasteiger partial charge in [0, 0.05) is 14.2 Å². The Hall–Kier alpha value is -0.870. The predicted octanol–water partition coefficient (Wildman–Crippen LogP) is 2.32. The van der Waals surface area contributed by atoms with Gasteiger partial charge in [0.05, 0.1) is 22.8 Å². The highest BCUT2D eigenvalue weighted by atomic mass is 35.5. The molecule has 0 aromatic carbocycles. The van der Waals surface area contributed by atoms with Gasteiger partial charge in [-0.2, -0.15) is 5.10 Å². The van der Waals surface area contributed by atoms with E-state index in [9.17, 15) is 4.79 Å². The first-order chi connectivity index (χ1) is 8.54. The molecule has 1 aromatic rings. The number of aromatic nitrogens is 2. The number of rotatable bonds is 5. The Balaban J connectivity index is 2.19. The summed E-state index contributed by atoms with van der Waals surface area (Å²) >= 11 is 6.25. The minimum atomic E-state index is -0.569. The summed E-state index contributed by atoms with van der Waals surface area (Å²) in [6, 6.07) is 0. The van der Waals surface area contributed by atoms with Crippen molar-refractivity contribution in [1.29, 1.82) is 0 Å². The maximum atomic E-state index is 12.3. The lowest BCUT2D eigenvalue weighted by atomic mass is 9.75. The third-order valence-corrected chi connectivity index (χ3v) is 4.33. The highest BCUT2D eigenvalue weighted by molar-refractivity contribution is 6.32. The van der Waals surface area contributed by atoms with E-state index in [-0.39, 0.29) is 5.78 Å². The van der Waals surface area contributed by atoms with Gasteiger partial charge < -0.3 is 4.74 Å². The van der Waals surface area contributed by atoms with Crippen molar-refractivity contribution in [3.63, 3.8) is 0 Å². The number of hydrogen-bond donors (Lipinski definition) is 0. The molecule has 0 atom stereocenters. The zero-order chi connectivity index (χ0) is 13.3. The largest absolute Gasteiger partial charge is 0.370 e. The molecule has 0 bridgehead atoms. The number of carbonyl (C=O) groups is 1. The Labute approximate surface area is 112 Å². The summed E-state index contributed by atoms with van der Waals surface area (Å²) in [7, 11) is 3.44. The average Bonchev–Trinajstić information content (AvgIpc) is 2.56. The Morgan fingerprint density at radius 2 is 2.22 bits per heavy atom. The van der Waals surface area contributed by atoms with Crippen LogP contribution in [0.25, 0.3) is 0 Å². The number of ketones is 1. The molecule has 1 aromatic heterocycles. The molecule has 1 fully saturated rings. The van der Waals surface area contributed by atoms with Crippen LogP contribution in [0.5, 0.6) is 0 Å². The van der Waals surface area contributed by atoms with E-state index in [2.05, 4.69) is 5.10 Å². The SMILES string of the molecule is CCc1nn(C)c(CC(=O)C2(OC)CCC2)c1Cl. The molecule has 1 heterocycles. The number of nitrogens with zero attached hydrogens (tertiary/aromatic N) is 2. The number of aryl methyl sites for hydroxylation is 2. The van der Waals surface area contributed by atoms with Crippen LogP contribution in [0, 0.1) is 0 Å². The standard InChI is InChI=1S/C13H19ClN2O2/c1-4-9-12(14)10(16(2)15-9)8-11(17)13(18-3)6-5-7-13/h4-8H2,1-3H3. The first-order valence-electron chi connectivity index (χ1n) is 6.32. The number of hydrogen-bond acceptors (Lipinski definition) is 3. The second kappa shape index (κ2) is 5.02. The second-order valence-corrected chi connectivity index (χ2v) is 5.21. The van der Waals surface area contributed by atoms with Crippen molar-refractivity contribution in [3.05, 3.63) is 16.4 Å². The van der Waals surface area contributed by atoms with Gasteiger partial charge in [-0.3, -0.25) is 9.48 Å². The van der Waals surface area contributed by atoms with E-state index in [0.717, 1.165) is 37.1 Å². The number of Topliss-reactive ketones (excluding diaryl/α,β-unsaturated/α-hetero) is 1. The summed E-state index contributed by atoms with van der Waals surface area (Å²) in [6.07, 6.45) is 3.77. The highest BCUT2D eigenvalue weighted by Gasteiger charge is 2.44. The minimum Gasteiger partial charge on any atom is -0.370 e. The number of methoxy groups -OCH3 is 1. The van der Waals surface area contributed by atoms with Crippen molar-refractivity contribution in [1.82, 2.24) is 9.78 Å². The van der Waals surface area contributed by atoms with E-state index in [1.807, 2.05) is 14.0 Å². The highest BCUT2D eigenvalue weighted by Crippen LogP contribution is 2.37. The van der Waals surface area contributed by atoms with Gasteiger partial charge in [-0.25, -0.2) is 0 Å². The predicted molar refractivity (Wildman–Crippen MR) is 69.9 cm³/mol. The van der Waals surface area contributed by atoms with E-state index >= 15 is 0 Å². The summed E-state index contributed by atoms with van der Waals surface area (Å²) < 4.78 is 7.11. The maximum absolute atomic E-state index is 12.3. The van der Waals surface area contributed by atoms with Crippen LogP contribution in [-0.2, 0) is 29.4 Å². The van der Waals surface area contributed by atoms with E-state index in [1.54, 1.807) is 11.8 Å². The summed E-state index contributed by atoms with van der Waals surface area (Å²) in [4.78, 5) is 12.3. The van der Waals surface area contributed by atoms with Crippen molar-refractivity contribution >= 4 is 17.4 Å². The van der Waals surface area contributed by atoms with Crippen molar-refractivity contribution < 1.29 is 9.53 Å². The van der Waals surface area contributed by atoms with Crippen LogP contribution in [0.1, 0.15) is 37.6 Å². The fraction of sp³-hybridized carbons (Fsp3) is 0.692. The summed E-state index contributed by atoms with van der Waals surface area (Å²) in [5, 5.41) is 4.95. The Bertz CT molecular complexity index is 458. The van der Waals surface area contributed by atoms with Crippen LogP contribution in [-0.4, -0.2) is 28.3 Å². The van der Waals surface area contributed by atoms with Crippen LogP contribution in [0.2, 0.25) is 5.02 Å². The van der Waals surface area contributed by atoms with Gasteiger partial charge in [0.15, 0.2) is 5.78 Å². The van der Waals surface area contributed by atoms with E-state index < -0.39 is 5.60 Å². The summed E-state index contributed by atoms with van der Waals surface area (Å²) in [5.74, 6) is 0.115. The molecule has 0 saturated heterocycles. The van der Waals surface area contributed by atoms with Gasteiger partial charge in [0.25, 0.3) is 0 Å². The Kier molecular flexibility index (Phi) is 3.78. The molecule has 0 radical (unpaired) electrons. The van der Waals surface area contributed by atoms with Crippen molar-refractivity contribution in [2.45, 2.75) is 44.6 Å². The molecule has 1 aliphatic carbocycles. The van der Waals surface area contributed by atoms with Gasteiger partial charge in [-0.05, 0) is 25.7 Å². The number of ether oxygens (including phenoxy) is 1. The summed E-state index contributed by atoms with van der Waals surface area (Å²) in [6.45, 7) is 2.00. The molecular weight excluding hydrogens is 252 g/mol. The van der Waals surface area contributed by atoms with Gasteiger partial charge >= 0.3 is 0 Å². The quantitative estimate of drug-likeness (QED) is 0.825. The molecule has 18 heavy (non-hydrogen) atoms. The van der Waals surface area contributed by atoms with Crippen LogP contribution in [0.4, 0.5) is 0 Å². The Morgan fingerprint density at radius 3 is 2.61 bits per heavy atom. The topological polar surface area (TPSA) is 44.1 Å². The smallest absolute Gasteiger partial charge is 0.170 e. The third-order valence-electron chi connectivity index (χ3n) is 3.89. The van der Waals surface area contributed by atoms with Gasteiger partial charge in [-0.15, -0.1) is 0 Å². The molecule has 0 amide bonds. The fourth-order valence-corrected chi connectivity index (χ4v) is 2.78. The molecule has 0 unspecified atom stereocenters. The van der Waals surface area contributed by atoms with E-state index in [4.69, 9.17) is 16.3 Å². The molecule has 0 N–H and O–H groups in total. The minimum absolute atomic E-state index is 0.115. The molecule has 5 heteroatoms. The van der Waals surface area contributed by atoms with Crippen molar-refractivity contribution in [2.24, 2.45) is 7.05 Å². The lowest BCUT2D eigenvalue weighted by Crippen LogP contribution is -2.48. The molecule has 1 aliphatic rings. The van der Waals surface area contributed by atoms with E-state index in [0.29, 0.717) is 11.4 Å². The van der Waals surface area contributed by atoms with Crippen LogP contribution in [0.15, 0.2) is 0 Å². The molecule has 4 nitrogen and oxygen atoms in total. The number of carbonyl (C=O) groups excluding carboxylic acids is 1. The van der Waals surface area contributed by atoms with E-state index in [1.165, 1.54) is 0 Å². The third kappa shape index (κ3) is 2.08. The molecule has 0 spiro atoms. The lowest BCUT2D eigenvalue weighted by molar-refractivity contribution is -0.151. The normalized spacial score (nSPS) is 17.6. The van der Waals surface area contributed by atoms with Gasteiger partial charge in [0.1, 0.15) is 5.60 Å². The molecule has 0 aliphatic heterocycles. The lowest BCUT2D eigenvalue weighted by Gasteiger charge is -2.38. The molecular formula is C13H19ClN2O2. The number of halogens is 1. The van der Waals surface area contributed by atoms with Crippen molar-refractivity contribution in [2.75, 3.05) is 7.11 Å². The van der Waals surface area contributed by atoms with Gasteiger partial charge in [-0.1, -0.05) is 18.5 Å². The molecule has 2 rings (SSSR count). The average molecular weight is 271 g/mol. The molecule has 1 saturated carbocycles.